The molecule has 0 aliphatic rings. The number of nitrogens with zero attached hydrogens (tertiary/aromatic N) is 3. The number of thioether (sulfide) groups is 1. The van der Waals surface area contributed by atoms with Crippen LogP contribution in [0.5, 0.6) is 5.75 Å². The first kappa shape index (κ1) is 22.9. The number of nitrogens with one attached hydrogen (secondary N) is 1. The van der Waals surface area contributed by atoms with E-state index in [0.29, 0.717) is 25.4 Å². The number of aromatic nitrogens is 3. The van der Waals surface area contributed by atoms with Crippen LogP contribution in [0.4, 0.5) is 0 Å². The van der Waals surface area contributed by atoms with Crippen molar-refractivity contribution in [2.75, 3.05) is 12.3 Å². The number of fused-ring (bicyclic) bond motifs is 1. The molecule has 0 atom stereocenters. The predicted octanol–water partition coefficient (Wildman–Crippen LogP) is 4.79. The fraction of sp³-hybridized carbons (Fsp3) is 0.269. The van der Waals surface area contributed by atoms with Crippen molar-refractivity contribution in [3.05, 3.63) is 83.7 Å². The van der Waals surface area contributed by atoms with Gasteiger partial charge in [0.15, 0.2) is 11.0 Å². The van der Waals surface area contributed by atoms with E-state index in [1.54, 1.807) is 0 Å². The SMILES string of the molecule is CCn1c(COc2ccc3ccccc3c2C)nnc1SCC(=O)NCCc1ccccc1. The lowest BCUT2D eigenvalue weighted by Crippen LogP contribution is -2.27. The molecule has 33 heavy (non-hydrogen) atoms. The van der Waals surface area contributed by atoms with E-state index in [2.05, 4.69) is 52.8 Å². The van der Waals surface area contributed by atoms with Gasteiger partial charge in [0.25, 0.3) is 0 Å². The van der Waals surface area contributed by atoms with Gasteiger partial charge < -0.3 is 14.6 Å². The molecule has 1 heterocycles. The molecule has 0 unspecified atom stereocenters. The summed E-state index contributed by atoms with van der Waals surface area (Å²) in [6.07, 6.45) is 0.818. The van der Waals surface area contributed by atoms with Gasteiger partial charge in [-0.1, -0.05) is 72.4 Å². The second kappa shape index (κ2) is 11.0. The van der Waals surface area contributed by atoms with E-state index >= 15 is 0 Å². The Hall–Kier alpha value is -3.32. The predicted molar refractivity (Wildman–Crippen MR) is 133 cm³/mol. The summed E-state index contributed by atoms with van der Waals surface area (Å²) in [7, 11) is 0. The van der Waals surface area contributed by atoms with E-state index in [-0.39, 0.29) is 5.91 Å². The molecule has 0 bridgehead atoms. The van der Waals surface area contributed by atoms with E-state index in [4.69, 9.17) is 4.74 Å². The standard InChI is InChI=1S/C26H28N4O2S/c1-3-30-24(17-32-23-14-13-21-11-7-8-12-22(21)19(23)2)28-29-26(30)33-18-25(31)27-16-15-20-9-5-4-6-10-20/h4-14H,3,15-18H2,1-2H3,(H,27,31). The minimum Gasteiger partial charge on any atom is -0.485 e. The summed E-state index contributed by atoms with van der Waals surface area (Å²) >= 11 is 1.40. The smallest absolute Gasteiger partial charge is 0.230 e. The number of ether oxygens (including phenoxy) is 1. The first-order valence-electron chi connectivity index (χ1n) is 11.1. The average Bonchev–Trinajstić information content (AvgIpc) is 3.25. The summed E-state index contributed by atoms with van der Waals surface area (Å²) in [4.78, 5) is 12.3. The van der Waals surface area contributed by atoms with Crippen LogP contribution in [0.15, 0.2) is 71.9 Å². The van der Waals surface area contributed by atoms with Crippen molar-refractivity contribution in [3.63, 3.8) is 0 Å². The molecule has 0 radical (unpaired) electrons. The number of aryl methyl sites for hydroxylation is 1. The lowest BCUT2D eigenvalue weighted by atomic mass is 10.0. The zero-order valence-corrected chi connectivity index (χ0v) is 19.8. The normalized spacial score (nSPS) is 11.0. The first-order chi connectivity index (χ1) is 16.2. The van der Waals surface area contributed by atoms with Gasteiger partial charge in [-0.05, 0) is 48.2 Å². The van der Waals surface area contributed by atoms with Crippen LogP contribution in [0.25, 0.3) is 10.8 Å². The van der Waals surface area contributed by atoms with Gasteiger partial charge in [0.1, 0.15) is 12.4 Å². The van der Waals surface area contributed by atoms with Crippen LogP contribution in [0, 0.1) is 6.92 Å². The number of rotatable bonds is 10. The molecule has 1 N–H and O–H groups in total. The highest BCUT2D eigenvalue weighted by molar-refractivity contribution is 7.99. The molecule has 6 nitrogen and oxygen atoms in total. The largest absolute Gasteiger partial charge is 0.485 e. The summed E-state index contributed by atoms with van der Waals surface area (Å²) in [5.74, 6) is 1.88. The Morgan fingerprint density at radius 2 is 1.82 bits per heavy atom. The third-order valence-electron chi connectivity index (χ3n) is 5.53. The van der Waals surface area contributed by atoms with Crippen molar-refractivity contribution >= 4 is 28.4 Å². The maximum atomic E-state index is 12.3. The molecule has 1 aromatic heterocycles. The minimum absolute atomic E-state index is 0.00817. The Morgan fingerprint density at radius 1 is 1.03 bits per heavy atom. The second-order valence-electron chi connectivity index (χ2n) is 7.72. The van der Waals surface area contributed by atoms with Gasteiger partial charge in [0, 0.05) is 13.1 Å². The Balaban J connectivity index is 1.31. The van der Waals surface area contributed by atoms with E-state index in [9.17, 15) is 4.79 Å². The van der Waals surface area contributed by atoms with Crippen LogP contribution in [-0.4, -0.2) is 33.0 Å². The number of hydrogen-bond donors (Lipinski definition) is 1. The molecule has 4 aromatic rings. The molecule has 4 rings (SSSR count). The zero-order chi connectivity index (χ0) is 23.0. The van der Waals surface area contributed by atoms with E-state index < -0.39 is 0 Å². The molecule has 0 saturated heterocycles. The van der Waals surface area contributed by atoms with Crippen LogP contribution in [-0.2, 0) is 24.4 Å². The van der Waals surface area contributed by atoms with Crippen molar-refractivity contribution in [2.24, 2.45) is 0 Å². The third kappa shape index (κ3) is 5.73. The molecule has 170 valence electrons. The molecule has 0 aliphatic carbocycles. The van der Waals surface area contributed by atoms with Gasteiger partial charge in [-0.2, -0.15) is 0 Å². The molecule has 7 heteroatoms. The molecular formula is C26H28N4O2S. The molecule has 1 amide bonds. The number of hydrogen-bond acceptors (Lipinski definition) is 5. The maximum absolute atomic E-state index is 12.3. The summed E-state index contributed by atoms with van der Waals surface area (Å²) in [6, 6.07) is 22.5. The van der Waals surface area contributed by atoms with Crippen molar-refractivity contribution in [1.29, 1.82) is 0 Å². The van der Waals surface area contributed by atoms with Crippen LogP contribution in [0.3, 0.4) is 0 Å². The molecule has 0 saturated carbocycles. The Morgan fingerprint density at radius 3 is 2.64 bits per heavy atom. The van der Waals surface area contributed by atoms with Crippen LogP contribution in [0.1, 0.15) is 23.9 Å². The van der Waals surface area contributed by atoms with Crippen molar-refractivity contribution < 1.29 is 9.53 Å². The average molecular weight is 461 g/mol. The van der Waals surface area contributed by atoms with Crippen LogP contribution in [0.2, 0.25) is 0 Å². The maximum Gasteiger partial charge on any atom is 0.230 e. The van der Waals surface area contributed by atoms with E-state index in [0.717, 1.165) is 28.7 Å². The summed E-state index contributed by atoms with van der Waals surface area (Å²) in [5.41, 5.74) is 2.32. The molecule has 0 aliphatic heterocycles. The third-order valence-corrected chi connectivity index (χ3v) is 6.49. The van der Waals surface area contributed by atoms with Gasteiger partial charge in [-0.15, -0.1) is 10.2 Å². The van der Waals surface area contributed by atoms with Crippen LogP contribution >= 0.6 is 11.8 Å². The highest BCUT2D eigenvalue weighted by Crippen LogP contribution is 2.28. The summed E-state index contributed by atoms with van der Waals surface area (Å²) in [5, 5.41) is 14.7. The highest BCUT2D eigenvalue weighted by Gasteiger charge is 2.14. The molecule has 0 spiro atoms. The molecular weight excluding hydrogens is 432 g/mol. The minimum atomic E-state index is -0.00817. The van der Waals surface area contributed by atoms with Crippen molar-refractivity contribution in [1.82, 2.24) is 20.1 Å². The van der Waals surface area contributed by atoms with Gasteiger partial charge in [0.2, 0.25) is 5.91 Å². The van der Waals surface area contributed by atoms with Gasteiger partial charge in [-0.3, -0.25) is 4.79 Å². The van der Waals surface area contributed by atoms with Gasteiger partial charge in [0.05, 0.1) is 5.75 Å². The number of benzene rings is 3. The van der Waals surface area contributed by atoms with Crippen molar-refractivity contribution in [3.8, 4) is 5.75 Å². The molecule has 0 fully saturated rings. The van der Waals surface area contributed by atoms with Gasteiger partial charge in [-0.25, -0.2) is 0 Å². The Kier molecular flexibility index (Phi) is 7.62. The Labute approximate surface area is 198 Å². The monoisotopic (exact) mass is 460 g/mol. The lowest BCUT2D eigenvalue weighted by Gasteiger charge is -2.12. The summed E-state index contributed by atoms with van der Waals surface area (Å²) in [6.45, 7) is 5.76. The fourth-order valence-corrected chi connectivity index (χ4v) is 4.58. The topological polar surface area (TPSA) is 69.0 Å². The Bertz CT molecular complexity index is 1220. The molecule has 3 aromatic carbocycles. The quantitative estimate of drug-likeness (QED) is 0.345. The van der Waals surface area contributed by atoms with Gasteiger partial charge >= 0.3 is 0 Å². The first-order valence-corrected chi connectivity index (χ1v) is 12.1. The zero-order valence-electron chi connectivity index (χ0n) is 19.0. The highest BCUT2D eigenvalue weighted by atomic mass is 32.2. The van der Waals surface area contributed by atoms with Crippen molar-refractivity contribution in [2.45, 2.75) is 38.6 Å². The summed E-state index contributed by atoms with van der Waals surface area (Å²) < 4.78 is 8.09. The van der Waals surface area contributed by atoms with E-state index in [1.165, 1.54) is 28.1 Å². The lowest BCUT2D eigenvalue weighted by molar-refractivity contribution is -0.118. The second-order valence-corrected chi connectivity index (χ2v) is 8.66. The number of amides is 1. The number of carbonyl (C=O) groups excluding carboxylic acids is 1. The van der Waals surface area contributed by atoms with Crippen LogP contribution < -0.4 is 10.1 Å². The fourth-order valence-electron chi connectivity index (χ4n) is 3.73. The van der Waals surface area contributed by atoms with E-state index in [1.807, 2.05) is 47.9 Å². The number of carbonyl (C=O) groups is 1.